The molecule has 2 aromatic rings. The molecule has 1 saturated heterocycles. The summed E-state index contributed by atoms with van der Waals surface area (Å²) in [7, 11) is 1.94. The second-order valence-corrected chi connectivity index (χ2v) is 8.66. The van der Waals surface area contributed by atoms with Gasteiger partial charge in [-0.05, 0) is 37.1 Å². The number of hydrogen-bond donors (Lipinski definition) is 0. The number of aromatic nitrogens is 2. The van der Waals surface area contributed by atoms with Crippen molar-refractivity contribution in [3.63, 3.8) is 0 Å². The van der Waals surface area contributed by atoms with E-state index in [1.807, 2.05) is 40.9 Å². The van der Waals surface area contributed by atoms with Gasteiger partial charge in [-0.3, -0.25) is 9.48 Å². The lowest BCUT2D eigenvalue weighted by Crippen LogP contribution is -2.45. The van der Waals surface area contributed by atoms with Crippen molar-refractivity contribution in [1.82, 2.24) is 14.7 Å². The summed E-state index contributed by atoms with van der Waals surface area (Å²) < 4.78 is 13.7. The van der Waals surface area contributed by atoms with Gasteiger partial charge in [0.25, 0.3) is 0 Å². The fourth-order valence-corrected chi connectivity index (χ4v) is 4.57. The lowest BCUT2D eigenvalue weighted by Gasteiger charge is -2.35. The van der Waals surface area contributed by atoms with Gasteiger partial charge >= 0.3 is 0 Å². The number of morpholine rings is 1. The lowest BCUT2D eigenvalue weighted by molar-refractivity contribution is -0.144. The molecule has 30 heavy (non-hydrogen) atoms. The standard InChI is InChI=1S/C23H30ClN3O3/c1-26-19(10-12-29-20-9-5-8-18(24)14-20)15-21(25-26)22-16-27(11-13-30-22)23(28)17-6-3-2-4-7-17/h5,8-9,14-15,17,22H,2-4,6-7,10-13,16H2,1H3/t22-/m0/s1. The Morgan fingerprint density at radius 1 is 1.27 bits per heavy atom. The van der Waals surface area contributed by atoms with Gasteiger partial charge in [0.2, 0.25) is 5.91 Å². The average Bonchev–Trinajstić information content (AvgIpc) is 3.14. The van der Waals surface area contributed by atoms with Crippen LogP contribution in [0.25, 0.3) is 0 Å². The number of nitrogens with zero attached hydrogens (tertiary/aromatic N) is 3. The maximum Gasteiger partial charge on any atom is 0.225 e. The first-order valence-electron chi connectivity index (χ1n) is 10.9. The van der Waals surface area contributed by atoms with Crippen LogP contribution in [0.5, 0.6) is 5.75 Å². The number of aryl methyl sites for hydroxylation is 1. The van der Waals surface area contributed by atoms with Crippen molar-refractivity contribution in [3.05, 3.63) is 46.7 Å². The molecular formula is C23H30ClN3O3. The van der Waals surface area contributed by atoms with Crippen LogP contribution in [-0.2, 0) is 23.0 Å². The van der Waals surface area contributed by atoms with E-state index in [1.165, 1.54) is 19.3 Å². The maximum atomic E-state index is 12.9. The third kappa shape index (κ3) is 5.16. The Hall–Kier alpha value is -2.05. The summed E-state index contributed by atoms with van der Waals surface area (Å²) in [5.74, 6) is 1.26. The molecule has 2 aliphatic rings. The molecule has 6 nitrogen and oxygen atoms in total. The highest BCUT2D eigenvalue weighted by Crippen LogP contribution is 2.28. The number of carbonyl (C=O) groups is 1. The van der Waals surface area contributed by atoms with Crippen molar-refractivity contribution in [2.45, 2.75) is 44.6 Å². The number of benzene rings is 1. The first-order valence-corrected chi connectivity index (χ1v) is 11.3. The molecule has 1 atom stereocenters. The van der Waals surface area contributed by atoms with Gasteiger partial charge in [-0.1, -0.05) is 36.9 Å². The van der Waals surface area contributed by atoms with E-state index in [1.54, 1.807) is 0 Å². The number of hydrogen-bond acceptors (Lipinski definition) is 4. The summed E-state index contributed by atoms with van der Waals surface area (Å²) in [6, 6.07) is 9.48. The SMILES string of the molecule is Cn1nc([C@@H]2CN(C(=O)C3CCCCC3)CCO2)cc1CCOc1cccc(Cl)c1. The highest BCUT2D eigenvalue weighted by molar-refractivity contribution is 6.30. The van der Waals surface area contributed by atoms with E-state index in [-0.39, 0.29) is 12.0 Å². The van der Waals surface area contributed by atoms with Crippen molar-refractivity contribution >= 4 is 17.5 Å². The van der Waals surface area contributed by atoms with E-state index in [0.717, 1.165) is 36.4 Å². The second-order valence-electron chi connectivity index (χ2n) is 8.22. The van der Waals surface area contributed by atoms with Crippen LogP contribution in [0.15, 0.2) is 30.3 Å². The summed E-state index contributed by atoms with van der Waals surface area (Å²) in [5, 5.41) is 5.32. The first kappa shape index (κ1) is 21.2. The molecule has 0 spiro atoms. The Bertz CT molecular complexity index is 863. The molecule has 0 bridgehead atoms. The summed E-state index contributed by atoms with van der Waals surface area (Å²) >= 11 is 6.00. The molecule has 0 radical (unpaired) electrons. The Morgan fingerprint density at radius 3 is 2.90 bits per heavy atom. The van der Waals surface area contributed by atoms with E-state index in [0.29, 0.717) is 37.2 Å². The van der Waals surface area contributed by atoms with Crippen molar-refractivity contribution < 1.29 is 14.3 Å². The fourth-order valence-electron chi connectivity index (χ4n) is 4.39. The molecule has 1 aromatic carbocycles. The molecule has 162 valence electrons. The summed E-state index contributed by atoms with van der Waals surface area (Å²) in [5.41, 5.74) is 1.96. The topological polar surface area (TPSA) is 56.6 Å². The minimum absolute atomic E-state index is 0.167. The van der Waals surface area contributed by atoms with Gasteiger partial charge in [0.05, 0.1) is 25.5 Å². The molecule has 1 aromatic heterocycles. The molecule has 2 fully saturated rings. The fraction of sp³-hybridized carbons (Fsp3) is 0.565. The van der Waals surface area contributed by atoms with Crippen molar-refractivity contribution in [1.29, 1.82) is 0 Å². The molecule has 1 aliphatic heterocycles. The Kier molecular flexibility index (Phi) is 6.95. The summed E-state index contributed by atoms with van der Waals surface area (Å²) in [6.07, 6.45) is 6.22. The highest BCUT2D eigenvalue weighted by Gasteiger charge is 2.31. The zero-order valence-corrected chi connectivity index (χ0v) is 18.3. The van der Waals surface area contributed by atoms with Gasteiger partial charge < -0.3 is 14.4 Å². The summed E-state index contributed by atoms with van der Waals surface area (Å²) in [6.45, 7) is 2.37. The molecule has 0 N–H and O–H groups in total. The van der Waals surface area contributed by atoms with Crippen molar-refractivity contribution in [3.8, 4) is 5.75 Å². The van der Waals surface area contributed by atoms with Crippen molar-refractivity contribution in [2.24, 2.45) is 13.0 Å². The van der Waals surface area contributed by atoms with E-state index in [2.05, 4.69) is 11.2 Å². The zero-order valence-electron chi connectivity index (χ0n) is 17.6. The van der Waals surface area contributed by atoms with E-state index >= 15 is 0 Å². The van der Waals surface area contributed by atoms with E-state index in [9.17, 15) is 4.79 Å². The van der Waals surface area contributed by atoms with Crippen LogP contribution < -0.4 is 4.74 Å². The quantitative estimate of drug-likeness (QED) is 0.688. The lowest BCUT2D eigenvalue weighted by atomic mass is 9.88. The largest absolute Gasteiger partial charge is 0.493 e. The minimum Gasteiger partial charge on any atom is -0.493 e. The van der Waals surface area contributed by atoms with Gasteiger partial charge in [0.1, 0.15) is 11.9 Å². The number of rotatable bonds is 6. The van der Waals surface area contributed by atoms with Crippen LogP contribution in [0.3, 0.4) is 0 Å². The first-order chi connectivity index (χ1) is 14.6. The molecule has 4 rings (SSSR count). The van der Waals surface area contributed by atoms with Crippen LogP contribution in [-0.4, -0.2) is 46.9 Å². The van der Waals surface area contributed by atoms with Crippen LogP contribution in [0.1, 0.15) is 49.6 Å². The normalized spacial score (nSPS) is 20.3. The summed E-state index contributed by atoms with van der Waals surface area (Å²) in [4.78, 5) is 14.9. The second kappa shape index (κ2) is 9.84. The Morgan fingerprint density at radius 2 is 2.10 bits per heavy atom. The molecule has 7 heteroatoms. The predicted molar refractivity (Wildman–Crippen MR) is 116 cm³/mol. The predicted octanol–water partition coefficient (Wildman–Crippen LogP) is 4.18. The smallest absolute Gasteiger partial charge is 0.225 e. The van der Waals surface area contributed by atoms with Crippen LogP contribution >= 0.6 is 11.6 Å². The van der Waals surface area contributed by atoms with Gasteiger partial charge in [-0.2, -0.15) is 5.10 Å². The molecule has 2 heterocycles. The number of halogens is 1. The third-order valence-electron chi connectivity index (χ3n) is 6.08. The Labute approximate surface area is 183 Å². The molecule has 0 unspecified atom stereocenters. The van der Waals surface area contributed by atoms with Crippen LogP contribution in [0, 0.1) is 5.92 Å². The molecular weight excluding hydrogens is 402 g/mol. The van der Waals surface area contributed by atoms with Crippen LogP contribution in [0.4, 0.5) is 0 Å². The maximum absolute atomic E-state index is 12.9. The van der Waals surface area contributed by atoms with Gasteiger partial charge in [-0.25, -0.2) is 0 Å². The Balaban J connectivity index is 1.34. The number of ether oxygens (including phenoxy) is 2. The molecule has 1 aliphatic carbocycles. The highest BCUT2D eigenvalue weighted by atomic mass is 35.5. The number of carbonyl (C=O) groups excluding carboxylic acids is 1. The monoisotopic (exact) mass is 431 g/mol. The van der Waals surface area contributed by atoms with Crippen LogP contribution in [0.2, 0.25) is 5.02 Å². The van der Waals surface area contributed by atoms with E-state index in [4.69, 9.17) is 21.1 Å². The van der Waals surface area contributed by atoms with Gasteiger partial charge in [-0.15, -0.1) is 0 Å². The zero-order chi connectivity index (χ0) is 20.9. The molecule has 1 amide bonds. The number of amides is 1. The van der Waals surface area contributed by atoms with E-state index < -0.39 is 0 Å². The molecule has 1 saturated carbocycles. The minimum atomic E-state index is -0.167. The average molecular weight is 432 g/mol. The van der Waals surface area contributed by atoms with Gasteiger partial charge in [0.15, 0.2) is 0 Å². The third-order valence-corrected chi connectivity index (χ3v) is 6.32. The van der Waals surface area contributed by atoms with Gasteiger partial charge in [0, 0.05) is 36.6 Å². The van der Waals surface area contributed by atoms with Crippen molar-refractivity contribution in [2.75, 3.05) is 26.3 Å².